The molecule has 0 aliphatic carbocycles. The van der Waals surface area contributed by atoms with E-state index in [9.17, 15) is 0 Å². The number of fused-ring (bicyclic) bond motifs is 2. The second-order valence-corrected chi connectivity index (χ2v) is 4.00. The van der Waals surface area contributed by atoms with Crippen molar-refractivity contribution >= 4 is 11.0 Å². The lowest BCUT2D eigenvalue weighted by atomic mass is 10.2. The van der Waals surface area contributed by atoms with Gasteiger partial charge in [-0.05, 0) is 6.92 Å². The van der Waals surface area contributed by atoms with E-state index in [-0.39, 0.29) is 12.7 Å². The predicted octanol–water partition coefficient (Wildman–Crippen LogP) is 1.32. The van der Waals surface area contributed by atoms with Gasteiger partial charge in [0.1, 0.15) is 5.52 Å². The van der Waals surface area contributed by atoms with E-state index in [1.807, 2.05) is 13.0 Å². The van der Waals surface area contributed by atoms with Crippen molar-refractivity contribution < 1.29 is 9.47 Å². The second-order valence-electron chi connectivity index (χ2n) is 4.00. The average molecular weight is 230 g/mol. The van der Waals surface area contributed by atoms with Crippen LogP contribution in [0.4, 0.5) is 0 Å². The van der Waals surface area contributed by atoms with Crippen LogP contribution in [-0.4, -0.2) is 21.8 Å². The van der Waals surface area contributed by atoms with Gasteiger partial charge in [-0.3, -0.25) is 0 Å². The monoisotopic (exact) mass is 230 g/mol. The fraction of sp³-hybridized carbons (Fsp3) is 0.364. The molecule has 0 bridgehead atoms. The smallest absolute Gasteiger partial charge is 0.231 e. The number of rotatable bonds is 2. The maximum atomic E-state index is 8.80. The molecule has 17 heavy (non-hydrogen) atoms. The molecule has 1 aromatic heterocycles. The van der Waals surface area contributed by atoms with Gasteiger partial charge in [-0.1, -0.05) is 5.21 Å². The van der Waals surface area contributed by atoms with Crippen molar-refractivity contribution in [1.82, 2.24) is 15.0 Å². The highest BCUT2D eigenvalue weighted by Gasteiger charge is 2.17. The molecule has 0 saturated carbocycles. The zero-order valence-corrected chi connectivity index (χ0v) is 9.25. The standard InChI is InChI=1S/C11H10N4O2/c1-7(4-12)5-15-9-3-11-10(16-6-17-11)2-8(9)13-14-15/h2-3,7H,5-6H2,1H3. The Morgan fingerprint density at radius 2 is 2.24 bits per heavy atom. The molecule has 1 unspecified atom stereocenters. The molecule has 1 atom stereocenters. The summed E-state index contributed by atoms with van der Waals surface area (Å²) in [5.41, 5.74) is 1.61. The minimum atomic E-state index is -0.106. The van der Waals surface area contributed by atoms with Crippen LogP contribution >= 0.6 is 0 Å². The molecule has 0 fully saturated rings. The zero-order chi connectivity index (χ0) is 11.8. The third-order valence-electron chi connectivity index (χ3n) is 2.68. The minimum absolute atomic E-state index is 0.106. The lowest BCUT2D eigenvalue weighted by molar-refractivity contribution is 0.174. The molecule has 6 heteroatoms. The van der Waals surface area contributed by atoms with Crippen molar-refractivity contribution in [1.29, 1.82) is 5.26 Å². The maximum absolute atomic E-state index is 8.80. The summed E-state index contributed by atoms with van der Waals surface area (Å²) < 4.78 is 12.3. The van der Waals surface area contributed by atoms with Crippen LogP contribution in [0.25, 0.3) is 11.0 Å². The Hall–Kier alpha value is -2.29. The van der Waals surface area contributed by atoms with Crippen LogP contribution in [0.3, 0.4) is 0 Å². The highest BCUT2D eigenvalue weighted by atomic mass is 16.7. The van der Waals surface area contributed by atoms with Crippen molar-refractivity contribution in [2.24, 2.45) is 5.92 Å². The van der Waals surface area contributed by atoms with Crippen LogP contribution < -0.4 is 9.47 Å². The van der Waals surface area contributed by atoms with E-state index < -0.39 is 0 Å². The summed E-state index contributed by atoms with van der Waals surface area (Å²) >= 11 is 0. The van der Waals surface area contributed by atoms with E-state index in [1.54, 1.807) is 10.7 Å². The Kier molecular flexibility index (Phi) is 2.11. The van der Waals surface area contributed by atoms with E-state index in [2.05, 4.69) is 16.4 Å². The fourth-order valence-corrected chi connectivity index (χ4v) is 1.79. The van der Waals surface area contributed by atoms with Gasteiger partial charge in [0.05, 0.1) is 24.0 Å². The molecule has 0 amide bonds. The Bertz CT molecular complexity index is 614. The van der Waals surface area contributed by atoms with Gasteiger partial charge in [-0.15, -0.1) is 5.10 Å². The molecule has 1 aromatic carbocycles. The summed E-state index contributed by atoms with van der Waals surface area (Å²) in [7, 11) is 0. The molecular formula is C11H10N4O2. The molecule has 2 aromatic rings. The largest absolute Gasteiger partial charge is 0.454 e. The minimum Gasteiger partial charge on any atom is -0.454 e. The molecule has 2 heterocycles. The van der Waals surface area contributed by atoms with Gasteiger partial charge >= 0.3 is 0 Å². The zero-order valence-electron chi connectivity index (χ0n) is 9.25. The van der Waals surface area contributed by atoms with Crippen LogP contribution in [0.1, 0.15) is 6.92 Å². The number of ether oxygens (including phenoxy) is 2. The first-order valence-electron chi connectivity index (χ1n) is 5.30. The van der Waals surface area contributed by atoms with Crippen LogP contribution in [0, 0.1) is 17.2 Å². The Morgan fingerprint density at radius 3 is 3.00 bits per heavy atom. The third-order valence-corrected chi connectivity index (χ3v) is 2.68. The molecule has 0 spiro atoms. The van der Waals surface area contributed by atoms with Gasteiger partial charge in [0.25, 0.3) is 0 Å². The summed E-state index contributed by atoms with van der Waals surface area (Å²) in [6, 6.07) is 5.83. The van der Waals surface area contributed by atoms with Crippen LogP contribution in [-0.2, 0) is 6.54 Å². The highest BCUT2D eigenvalue weighted by Crippen LogP contribution is 2.35. The number of nitriles is 1. The molecule has 1 aliphatic rings. The SMILES string of the molecule is CC(C#N)Cn1nnc2cc3c(cc21)OCO3. The quantitative estimate of drug-likeness (QED) is 0.777. The van der Waals surface area contributed by atoms with Gasteiger partial charge in [0.2, 0.25) is 6.79 Å². The Balaban J connectivity index is 2.07. The molecule has 0 N–H and O–H groups in total. The highest BCUT2D eigenvalue weighted by molar-refractivity contribution is 5.79. The van der Waals surface area contributed by atoms with Crippen LogP contribution in [0.5, 0.6) is 11.5 Å². The topological polar surface area (TPSA) is 73.0 Å². The van der Waals surface area contributed by atoms with E-state index in [0.29, 0.717) is 18.0 Å². The molecule has 1 aliphatic heterocycles. The summed E-state index contributed by atoms with van der Waals surface area (Å²) in [5.74, 6) is 1.29. The first-order valence-corrected chi connectivity index (χ1v) is 5.30. The summed E-state index contributed by atoms with van der Waals surface area (Å²) in [4.78, 5) is 0. The van der Waals surface area contributed by atoms with Gasteiger partial charge in [-0.2, -0.15) is 5.26 Å². The molecular weight excluding hydrogens is 220 g/mol. The molecule has 0 saturated heterocycles. The van der Waals surface area contributed by atoms with Crippen LogP contribution in [0.15, 0.2) is 12.1 Å². The Labute approximate surface area is 97.3 Å². The summed E-state index contributed by atoms with van der Waals surface area (Å²) in [5, 5.41) is 16.9. The lowest BCUT2D eigenvalue weighted by Gasteiger charge is -2.03. The van der Waals surface area contributed by atoms with Crippen molar-refractivity contribution in [2.45, 2.75) is 13.5 Å². The number of aromatic nitrogens is 3. The van der Waals surface area contributed by atoms with E-state index in [1.165, 1.54) is 0 Å². The number of hydrogen-bond donors (Lipinski definition) is 0. The number of hydrogen-bond acceptors (Lipinski definition) is 5. The molecule has 3 rings (SSSR count). The Morgan fingerprint density at radius 1 is 1.47 bits per heavy atom. The van der Waals surface area contributed by atoms with Crippen molar-refractivity contribution in [3.63, 3.8) is 0 Å². The molecule has 0 radical (unpaired) electrons. The fourth-order valence-electron chi connectivity index (χ4n) is 1.79. The second kappa shape index (κ2) is 3.63. The van der Waals surface area contributed by atoms with Crippen LogP contribution in [0.2, 0.25) is 0 Å². The lowest BCUT2D eigenvalue weighted by Crippen LogP contribution is -2.07. The normalized spacial score (nSPS) is 14.8. The van der Waals surface area contributed by atoms with Crippen molar-refractivity contribution in [2.75, 3.05) is 6.79 Å². The molecule has 6 nitrogen and oxygen atoms in total. The van der Waals surface area contributed by atoms with E-state index >= 15 is 0 Å². The average Bonchev–Trinajstić information content (AvgIpc) is 2.93. The van der Waals surface area contributed by atoms with E-state index in [4.69, 9.17) is 14.7 Å². The first-order chi connectivity index (χ1) is 8.28. The predicted molar refractivity (Wildman–Crippen MR) is 58.4 cm³/mol. The van der Waals surface area contributed by atoms with Gasteiger partial charge < -0.3 is 9.47 Å². The van der Waals surface area contributed by atoms with Gasteiger partial charge in [-0.25, -0.2) is 4.68 Å². The summed E-state index contributed by atoms with van der Waals surface area (Å²) in [6.45, 7) is 2.61. The summed E-state index contributed by atoms with van der Waals surface area (Å²) in [6.07, 6.45) is 0. The van der Waals surface area contributed by atoms with Gasteiger partial charge in [0, 0.05) is 12.1 Å². The third kappa shape index (κ3) is 1.56. The van der Waals surface area contributed by atoms with Crippen molar-refractivity contribution in [3.8, 4) is 17.6 Å². The number of nitrogens with zero attached hydrogens (tertiary/aromatic N) is 4. The van der Waals surface area contributed by atoms with E-state index in [0.717, 1.165) is 11.0 Å². The number of benzene rings is 1. The maximum Gasteiger partial charge on any atom is 0.231 e. The molecule has 86 valence electrons. The van der Waals surface area contributed by atoms with Gasteiger partial charge in [0.15, 0.2) is 11.5 Å². The first kappa shape index (κ1) is 9.90. The van der Waals surface area contributed by atoms with Crippen molar-refractivity contribution in [3.05, 3.63) is 12.1 Å².